The van der Waals surface area contributed by atoms with Crippen molar-refractivity contribution >= 4 is 69.0 Å². The van der Waals surface area contributed by atoms with E-state index in [1.807, 2.05) is 0 Å². The molecule has 74 valence electrons. The van der Waals surface area contributed by atoms with Crippen LogP contribution in [0, 0.1) is 0 Å². The normalized spacial score (nSPS) is 9.62. The quantitative estimate of drug-likeness (QED) is 0.443. The summed E-state index contributed by atoms with van der Waals surface area (Å²) in [7, 11) is 0. The summed E-state index contributed by atoms with van der Waals surface area (Å²) < 4.78 is 0. The highest BCUT2D eigenvalue weighted by Gasteiger charge is 2.17. The Morgan fingerprint density at radius 2 is 0.846 bits per heavy atom. The summed E-state index contributed by atoms with van der Waals surface area (Å²) in [5.74, 6) is -0.363. The highest BCUT2D eigenvalue weighted by Crippen LogP contribution is 2.47. The first-order valence-electron chi connectivity index (χ1n) is 2.67. The number of phenols is 1. The fraction of sp³-hybridized carbons (Fsp3) is 0. The predicted octanol–water partition coefficient (Wildman–Crippen LogP) is 3.21. The summed E-state index contributed by atoms with van der Waals surface area (Å²) >= 11 is 27.9. The second kappa shape index (κ2) is 4.96. The molecular formula is C6H5Cl5OSi. The van der Waals surface area contributed by atoms with Crippen LogP contribution in [0.2, 0.25) is 25.1 Å². The molecule has 1 nitrogen and oxygen atoms in total. The van der Waals surface area contributed by atoms with Crippen LogP contribution < -0.4 is 0 Å². The van der Waals surface area contributed by atoms with Crippen LogP contribution >= 0.6 is 58.0 Å². The minimum atomic E-state index is -0.363. The summed E-state index contributed by atoms with van der Waals surface area (Å²) in [5, 5.41) is 9.01. The Balaban J connectivity index is 0.00000144. The second-order valence-electron chi connectivity index (χ2n) is 1.92. The Bertz CT molecular complexity index is 235. The third-order valence-corrected chi connectivity index (χ3v) is 3.44. The zero-order valence-corrected chi connectivity index (χ0v) is 9.12. The molecule has 0 unspecified atom stereocenters. The molecular weight excluding hydrogens is 293 g/mol. The van der Waals surface area contributed by atoms with Crippen LogP contribution in [0.25, 0.3) is 0 Å². The molecule has 13 heavy (non-hydrogen) atoms. The summed E-state index contributed by atoms with van der Waals surface area (Å²) in [6.45, 7) is 0. The van der Waals surface area contributed by atoms with Crippen molar-refractivity contribution < 1.29 is 5.11 Å². The average Bonchev–Trinajstić information content (AvgIpc) is 2.08. The molecule has 0 aliphatic heterocycles. The summed E-state index contributed by atoms with van der Waals surface area (Å²) in [4.78, 5) is 0. The molecule has 0 aromatic heterocycles. The van der Waals surface area contributed by atoms with Crippen molar-refractivity contribution in [2.45, 2.75) is 0 Å². The van der Waals surface area contributed by atoms with E-state index in [0.717, 1.165) is 0 Å². The Morgan fingerprint density at radius 3 is 1.15 bits per heavy atom. The molecule has 0 aliphatic rings. The van der Waals surface area contributed by atoms with Crippen LogP contribution in [-0.4, -0.2) is 16.1 Å². The van der Waals surface area contributed by atoms with Gasteiger partial charge in [0.2, 0.25) is 0 Å². The molecule has 0 heterocycles. The molecule has 0 fully saturated rings. The standard InChI is InChI=1S/C6HCl5O.H4Si/c7-1-2(8)4(10)6(12)5(11)3(1)9;/h12H;1H4. The lowest BCUT2D eigenvalue weighted by Gasteiger charge is -2.06. The molecule has 0 spiro atoms. The second-order valence-corrected chi connectivity index (χ2v) is 3.81. The fourth-order valence-corrected chi connectivity index (χ4v) is 1.72. The Labute approximate surface area is 105 Å². The van der Waals surface area contributed by atoms with Crippen LogP contribution in [-0.2, 0) is 0 Å². The molecule has 0 saturated carbocycles. The molecule has 7 heteroatoms. The van der Waals surface area contributed by atoms with Gasteiger partial charge < -0.3 is 5.11 Å². The van der Waals surface area contributed by atoms with E-state index in [-0.39, 0.29) is 41.8 Å². The number of benzene rings is 1. The van der Waals surface area contributed by atoms with E-state index in [0.29, 0.717) is 0 Å². The van der Waals surface area contributed by atoms with Crippen LogP contribution in [0.4, 0.5) is 0 Å². The van der Waals surface area contributed by atoms with Crippen LogP contribution in [0.5, 0.6) is 5.75 Å². The zero-order valence-electron chi connectivity index (χ0n) is 5.34. The maximum absolute atomic E-state index is 9.20. The lowest BCUT2D eigenvalue weighted by atomic mass is 10.3. The molecule has 0 saturated heterocycles. The van der Waals surface area contributed by atoms with Gasteiger partial charge >= 0.3 is 0 Å². The van der Waals surface area contributed by atoms with Crippen molar-refractivity contribution in [1.29, 1.82) is 0 Å². The van der Waals surface area contributed by atoms with Gasteiger partial charge in [-0.05, 0) is 11.0 Å². The Kier molecular flexibility index (Phi) is 5.22. The van der Waals surface area contributed by atoms with Crippen LogP contribution in [0.1, 0.15) is 0 Å². The van der Waals surface area contributed by atoms with E-state index in [2.05, 4.69) is 0 Å². The minimum Gasteiger partial charge on any atom is -0.505 e. The van der Waals surface area contributed by atoms with Gasteiger partial charge in [-0.2, -0.15) is 0 Å². The van der Waals surface area contributed by atoms with Crippen molar-refractivity contribution in [3.05, 3.63) is 25.1 Å². The number of phenolic OH excluding ortho intramolecular Hbond substituents is 1. The first kappa shape index (κ1) is 13.7. The average molecular weight is 298 g/mol. The summed E-state index contributed by atoms with van der Waals surface area (Å²) in [6.07, 6.45) is 0. The topological polar surface area (TPSA) is 20.2 Å². The van der Waals surface area contributed by atoms with Gasteiger partial charge in [0.05, 0.1) is 15.1 Å². The van der Waals surface area contributed by atoms with E-state index in [1.54, 1.807) is 0 Å². The maximum Gasteiger partial charge on any atom is 0.155 e. The predicted molar refractivity (Wildman–Crippen MR) is 64.5 cm³/mol. The number of rotatable bonds is 0. The van der Waals surface area contributed by atoms with Crippen molar-refractivity contribution in [1.82, 2.24) is 0 Å². The SMILES string of the molecule is Oc1c(Cl)c(Cl)c(Cl)c(Cl)c1Cl.[SiH4]. The van der Waals surface area contributed by atoms with Gasteiger partial charge in [0.15, 0.2) is 5.75 Å². The van der Waals surface area contributed by atoms with Crippen molar-refractivity contribution in [2.75, 3.05) is 0 Å². The lowest BCUT2D eigenvalue weighted by Crippen LogP contribution is -1.78. The third kappa shape index (κ3) is 2.38. The molecule has 0 amide bonds. The maximum atomic E-state index is 9.20. The number of halogens is 5. The van der Waals surface area contributed by atoms with Gasteiger partial charge in [0.1, 0.15) is 10.0 Å². The Hall–Kier alpha value is 0.687. The molecule has 1 N–H and O–H groups in total. The highest BCUT2D eigenvalue weighted by atomic mass is 35.5. The summed E-state index contributed by atoms with van der Waals surface area (Å²) in [5.41, 5.74) is 0. The fourth-order valence-electron chi connectivity index (χ4n) is 0.593. The van der Waals surface area contributed by atoms with E-state index >= 15 is 0 Å². The molecule has 0 bridgehead atoms. The molecule has 1 aromatic rings. The van der Waals surface area contributed by atoms with Gasteiger partial charge in [-0.15, -0.1) is 0 Å². The van der Waals surface area contributed by atoms with Crippen molar-refractivity contribution in [3.8, 4) is 5.75 Å². The smallest absolute Gasteiger partial charge is 0.155 e. The van der Waals surface area contributed by atoms with Gasteiger partial charge in [0, 0.05) is 0 Å². The van der Waals surface area contributed by atoms with E-state index < -0.39 is 0 Å². The summed E-state index contributed by atoms with van der Waals surface area (Å²) in [6, 6.07) is 0. The first-order chi connectivity index (χ1) is 5.46. The molecule has 1 rings (SSSR count). The minimum absolute atomic E-state index is 0. The van der Waals surface area contributed by atoms with Crippen molar-refractivity contribution in [3.63, 3.8) is 0 Å². The number of hydrogen-bond acceptors (Lipinski definition) is 1. The van der Waals surface area contributed by atoms with Gasteiger partial charge in [0.25, 0.3) is 0 Å². The van der Waals surface area contributed by atoms with E-state index in [1.165, 1.54) is 0 Å². The largest absolute Gasteiger partial charge is 0.505 e. The zero-order chi connectivity index (χ0) is 9.46. The van der Waals surface area contributed by atoms with Crippen LogP contribution in [0.15, 0.2) is 0 Å². The van der Waals surface area contributed by atoms with Gasteiger partial charge in [-0.1, -0.05) is 58.0 Å². The highest BCUT2D eigenvalue weighted by molar-refractivity contribution is 6.55. The number of hydrogen-bond donors (Lipinski definition) is 1. The monoisotopic (exact) mass is 296 g/mol. The van der Waals surface area contributed by atoms with Crippen molar-refractivity contribution in [2.24, 2.45) is 0 Å². The lowest BCUT2D eigenvalue weighted by molar-refractivity contribution is 0.476. The molecule has 0 radical (unpaired) electrons. The van der Waals surface area contributed by atoms with Crippen LogP contribution in [0.3, 0.4) is 0 Å². The molecule has 1 aromatic carbocycles. The van der Waals surface area contributed by atoms with E-state index in [4.69, 9.17) is 58.0 Å². The van der Waals surface area contributed by atoms with Gasteiger partial charge in [-0.25, -0.2) is 0 Å². The Morgan fingerprint density at radius 1 is 0.615 bits per heavy atom. The van der Waals surface area contributed by atoms with Gasteiger partial charge in [-0.3, -0.25) is 0 Å². The molecule has 0 atom stereocenters. The number of aromatic hydroxyl groups is 1. The molecule has 0 aliphatic carbocycles. The third-order valence-electron chi connectivity index (χ3n) is 1.19. The van der Waals surface area contributed by atoms with E-state index in [9.17, 15) is 5.11 Å². The first-order valence-corrected chi connectivity index (χ1v) is 4.56.